The molecule has 6 rings (SSSR count). The van der Waals surface area contributed by atoms with Gasteiger partial charge in [0.05, 0.1) is 6.54 Å². The number of carbonyl (C=O) groups excluding carboxylic acids is 2. The van der Waals surface area contributed by atoms with Crippen molar-refractivity contribution in [2.75, 3.05) is 6.54 Å². The van der Waals surface area contributed by atoms with Gasteiger partial charge in [0.1, 0.15) is 5.69 Å². The molecule has 5 nitrogen and oxygen atoms in total. The molecule has 3 aromatic carbocycles. The lowest BCUT2D eigenvalue weighted by Gasteiger charge is -2.47. The van der Waals surface area contributed by atoms with Gasteiger partial charge in [0.15, 0.2) is 5.54 Å². The number of amides is 2. The molecule has 1 aliphatic heterocycles. The summed E-state index contributed by atoms with van der Waals surface area (Å²) in [6.07, 6.45) is 6.03. The lowest BCUT2D eigenvalue weighted by Crippen LogP contribution is -2.64. The molecule has 1 N–H and O–H groups in total. The van der Waals surface area contributed by atoms with Gasteiger partial charge in [-0.1, -0.05) is 91.5 Å². The standard InChI is InChI=1S/C32H32ClN3O2/c33-26-17-15-23(16-18-26)19-20-36-30(37)29-21-24-9-7-8-14-28(24)35(29)22-32(36,25-10-3-1-4-11-25)31(38)34-27-12-5-2-6-13-27/h1,3-4,7-11,14-18,21,27H,2,5-6,12-13,19-20,22H2,(H,34,38). The van der Waals surface area contributed by atoms with Gasteiger partial charge in [-0.05, 0) is 54.7 Å². The number of halogens is 1. The molecule has 0 radical (unpaired) electrons. The number of hydrogen-bond donors (Lipinski definition) is 1. The molecule has 2 amide bonds. The quantitative estimate of drug-likeness (QED) is 0.319. The van der Waals surface area contributed by atoms with Crippen LogP contribution < -0.4 is 5.32 Å². The number of carbonyl (C=O) groups is 2. The van der Waals surface area contributed by atoms with Crippen LogP contribution in [0.15, 0.2) is 84.9 Å². The number of rotatable bonds is 6. The van der Waals surface area contributed by atoms with Crippen LogP contribution >= 0.6 is 11.6 Å². The second-order valence-electron chi connectivity index (χ2n) is 10.5. The molecular formula is C32H32ClN3O2. The summed E-state index contributed by atoms with van der Waals surface area (Å²) in [5.74, 6) is -0.215. The van der Waals surface area contributed by atoms with Crippen LogP contribution in [0.5, 0.6) is 0 Å². The van der Waals surface area contributed by atoms with E-state index in [-0.39, 0.29) is 17.9 Å². The van der Waals surface area contributed by atoms with E-state index < -0.39 is 5.54 Å². The number of benzene rings is 3. The van der Waals surface area contributed by atoms with E-state index in [2.05, 4.69) is 5.32 Å². The molecule has 1 aromatic heterocycles. The van der Waals surface area contributed by atoms with Gasteiger partial charge < -0.3 is 14.8 Å². The first-order chi connectivity index (χ1) is 18.6. The lowest BCUT2D eigenvalue weighted by atomic mass is 9.83. The van der Waals surface area contributed by atoms with E-state index in [1.807, 2.05) is 94.4 Å². The molecule has 0 spiro atoms. The SMILES string of the molecule is O=C1c2cc3ccccc3n2CC(C(=O)NC2CCCCC2)(c2ccccc2)N1CCc1ccc(Cl)cc1. The molecule has 1 fully saturated rings. The molecular weight excluding hydrogens is 494 g/mol. The topological polar surface area (TPSA) is 54.3 Å². The Bertz CT molecular complexity index is 1460. The van der Waals surface area contributed by atoms with Crippen molar-refractivity contribution in [3.05, 3.63) is 107 Å². The van der Waals surface area contributed by atoms with Gasteiger partial charge in [-0.2, -0.15) is 0 Å². The zero-order valence-electron chi connectivity index (χ0n) is 21.4. The molecule has 2 heterocycles. The van der Waals surface area contributed by atoms with E-state index >= 15 is 0 Å². The fourth-order valence-corrected chi connectivity index (χ4v) is 6.33. The van der Waals surface area contributed by atoms with E-state index in [9.17, 15) is 9.59 Å². The van der Waals surface area contributed by atoms with Crippen LogP contribution in [0.25, 0.3) is 10.9 Å². The van der Waals surface area contributed by atoms with Crippen LogP contribution in [0.3, 0.4) is 0 Å². The van der Waals surface area contributed by atoms with Crippen molar-refractivity contribution in [2.45, 2.75) is 56.7 Å². The number of para-hydroxylation sites is 1. The fraction of sp³-hybridized carbons (Fsp3) is 0.312. The Morgan fingerprint density at radius 2 is 1.63 bits per heavy atom. The number of aromatic nitrogens is 1. The fourth-order valence-electron chi connectivity index (χ4n) is 6.21. The van der Waals surface area contributed by atoms with Gasteiger partial charge in [0.2, 0.25) is 0 Å². The van der Waals surface area contributed by atoms with Gasteiger partial charge in [-0.3, -0.25) is 9.59 Å². The zero-order chi connectivity index (χ0) is 26.1. The van der Waals surface area contributed by atoms with Crippen molar-refractivity contribution >= 4 is 34.3 Å². The maximum atomic E-state index is 14.5. The van der Waals surface area contributed by atoms with Gasteiger partial charge in [-0.15, -0.1) is 0 Å². The third kappa shape index (κ3) is 4.39. The van der Waals surface area contributed by atoms with Gasteiger partial charge >= 0.3 is 0 Å². The molecule has 194 valence electrons. The highest BCUT2D eigenvalue weighted by atomic mass is 35.5. The summed E-state index contributed by atoms with van der Waals surface area (Å²) in [4.78, 5) is 30.7. The number of nitrogens with one attached hydrogen (secondary N) is 1. The summed E-state index contributed by atoms with van der Waals surface area (Å²) in [5.41, 5.74) is 2.33. The minimum absolute atomic E-state index is 0.0940. The van der Waals surface area contributed by atoms with Crippen molar-refractivity contribution in [3.8, 4) is 0 Å². The smallest absolute Gasteiger partial charge is 0.271 e. The summed E-state index contributed by atoms with van der Waals surface area (Å²) in [5, 5.41) is 5.07. The Labute approximate surface area is 228 Å². The molecule has 38 heavy (non-hydrogen) atoms. The van der Waals surface area contributed by atoms with Gasteiger partial charge in [0, 0.05) is 28.5 Å². The van der Waals surface area contributed by atoms with Crippen molar-refractivity contribution in [2.24, 2.45) is 0 Å². The highest BCUT2D eigenvalue weighted by Gasteiger charge is 2.52. The second-order valence-corrected chi connectivity index (χ2v) is 11.0. The monoisotopic (exact) mass is 525 g/mol. The normalized spacial score (nSPS) is 19.9. The summed E-state index contributed by atoms with van der Waals surface area (Å²) < 4.78 is 2.05. The first-order valence-electron chi connectivity index (χ1n) is 13.6. The van der Waals surface area contributed by atoms with Gasteiger partial charge in [0.25, 0.3) is 11.8 Å². The van der Waals surface area contributed by atoms with Crippen LogP contribution in [0.4, 0.5) is 0 Å². The van der Waals surface area contributed by atoms with Gasteiger partial charge in [-0.25, -0.2) is 0 Å². The summed E-state index contributed by atoms with van der Waals surface area (Å²) in [6, 6.07) is 27.7. The van der Waals surface area contributed by atoms with Crippen LogP contribution in [-0.2, 0) is 23.3 Å². The summed E-state index contributed by atoms with van der Waals surface area (Å²) in [6.45, 7) is 0.778. The first-order valence-corrected chi connectivity index (χ1v) is 14.0. The third-order valence-corrected chi connectivity index (χ3v) is 8.48. The first kappa shape index (κ1) is 24.7. The predicted octanol–water partition coefficient (Wildman–Crippen LogP) is 6.34. The number of hydrogen-bond acceptors (Lipinski definition) is 2. The van der Waals surface area contributed by atoms with Crippen LogP contribution in [0.1, 0.15) is 53.7 Å². The van der Waals surface area contributed by atoms with E-state index in [0.717, 1.165) is 47.7 Å². The highest BCUT2D eigenvalue weighted by Crippen LogP contribution is 2.40. The lowest BCUT2D eigenvalue weighted by molar-refractivity contribution is -0.135. The largest absolute Gasteiger partial charge is 0.351 e. The third-order valence-electron chi connectivity index (χ3n) is 8.23. The van der Waals surface area contributed by atoms with E-state index in [0.29, 0.717) is 30.2 Å². The second kappa shape index (κ2) is 10.3. The van der Waals surface area contributed by atoms with Crippen LogP contribution in [-0.4, -0.2) is 33.9 Å². The van der Waals surface area contributed by atoms with Crippen molar-refractivity contribution in [3.63, 3.8) is 0 Å². The molecule has 1 saturated carbocycles. The maximum Gasteiger partial charge on any atom is 0.271 e. The van der Waals surface area contributed by atoms with E-state index in [1.165, 1.54) is 6.42 Å². The summed E-state index contributed by atoms with van der Waals surface area (Å²) >= 11 is 6.12. The molecule has 1 atom stereocenters. The molecule has 1 aliphatic carbocycles. The predicted molar refractivity (Wildman–Crippen MR) is 151 cm³/mol. The highest BCUT2D eigenvalue weighted by molar-refractivity contribution is 6.30. The number of nitrogens with zero attached hydrogens (tertiary/aromatic N) is 2. The Hall–Kier alpha value is -3.57. The molecule has 6 heteroatoms. The molecule has 4 aromatic rings. The van der Waals surface area contributed by atoms with Crippen LogP contribution in [0.2, 0.25) is 5.02 Å². The molecule has 1 unspecified atom stereocenters. The maximum absolute atomic E-state index is 14.5. The zero-order valence-corrected chi connectivity index (χ0v) is 22.2. The Morgan fingerprint density at radius 1 is 0.921 bits per heavy atom. The average Bonchev–Trinajstić information content (AvgIpc) is 3.33. The number of fused-ring (bicyclic) bond motifs is 3. The minimum Gasteiger partial charge on any atom is -0.351 e. The summed E-state index contributed by atoms with van der Waals surface area (Å²) in [7, 11) is 0. The average molecular weight is 526 g/mol. The molecule has 0 bridgehead atoms. The van der Waals surface area contributed by atoms with Crippen molar-refractivity contribution < 1.29 is 9.59 Å². The molecule has 2 aliphatic rings. The van der Waals surface area contributed by atoms with Crippen molar-refractivity contribution in [1.29, 1.82) is 0 Å². The molecule has 0 saturated heterocycles. The Balaban J connectivity index is 1.48. The van der Waals surface area contributed by atoms with Crippen LogP contribution in [0, 0.1) is 0 Å². The minimum atomic E-state index is -1.17. The van der Waals surface area contributed by atoms with E-state index in [4.69, 9.17) is 11.6 Å². The van der Waals surface area contributed by atoms with E-state index in [1.54, 1.807) is 0 Å². The van der Waals surface area contributed by atoms with Crippen molar-refractivity contribution in [1.82, 2.24) is 14.8 Å². The Morgan fingerprint density at radius 3 is 2.39 bits per heavy atom. The Kier molecular flexibility index (Phi) is 6.71.